The van der Waals surface area contributed by atoms with E-state index in [1.807, 2.05) is 26.9 Å². The summed E-state index contributed by atoms with van der Waals surface area (Å²) in [6.07, 6.45) is 3.79. The molecule has 3 aromatic rings. The second-order valence-electron chi connectivity index (χ2n) is 6.61. The summed E-state index contributed by atoms with van der Waals surface area (Å²) in [4.78, 5) is 17.5. The van der Waals surface area contributed by atoms with Crippen LogP contribution in [0.5, 0.6) is 0 Å². The first-order chi connectivity index (χ1) is 11.4. The minimum absolute atomic E-state index is 0.0306. The van der Waals surface area contributed by atoms with Crippen molar-refractivity contribution in [3.05, 3.63) is 34.2 Å². The average Bonchev–Trinajstić information content (AvgIpc) is 3.13. The summed E-state index contributed by atoms with van der Waals surface area (Å²) in [6.45, 7) is 6.17. The fraction of sp³-hybridized carbons (Fsp3) is 0.400. The number of carbonyl (C=O) groups is 1. The van der Waals surface area contributed by atoms with Gasteiger partial charge in [0.2, 0.25) is 5.91 Å². The number of anilines is 1. The van der Waals surface area contributed by atoms with Gasteiger partial charge in [-0.3, -0.25) is 9.20 Å². The van der Waals surface area contributed by atoms with Crippen LogP contribution in [0, 0.1) is 0 Å². The highest BCUT2D eigenvalue weighted by molar-refractivity contribution is 8.00. The van der Waals surface area contributed by atoms with Gasteiger partial charge in [0.1, 0.15) is 5.82 Å². The topological polar surface area (TPSA) is 64.2 Å². The fourth-order valence-corrected chi connectivity index (χ4v) is 5.08. The molecule has 0 radical (unpaired) electrons. The van der Waals surface area contributed by atoms with Crippen molar-refractivity contribution in [1.82, 2.24) is 19.2 Å². The van der Waals surface area contributed by atoms with E-state index >= 15 is 0 Å². The zero-order valence-electron chi connectivity index (χ0n) is 13.4. The van der Waals surface area contributed by atoms with Gasteiger partial charge in [-0.05, 0) is 20.8 Å². The van der Waals surface area contributed by atoms with E-state index in [9.17, 15) is 4.79 Å². The SMILES string of the molecule is CC(C)(C)n1ncc2c1NC(=O)CS[C@@H]2c1c(Cl)nc2sccn12. The molecule has 0 spiro atoms. The Labute approximate surface area is 152 Å². The number of thiazole rings is 1. The monoisotopic (exact) mass is 381 g/mol. The number of nitrogens with one attached hydrogen (secondary N) is 1. The first-order valence-electron chi connectivity index (χ1n) is 7.47. The van der Waals surface area contributed by atoms with Crippen molar-refractivity contribution in [2.45, 2.75) is 31.6 Å². The second kappa shape index (κ2) is 5.50. The fourth-order valence-electron chi connectivity index (χ4n) is 2.84. The van der Waals surface area contributed by atoms with Crippen molar-refractivity contribution in [3.63, 3.8) is 0 Å². The van der Waals surface area contributed by atoms with Crippen molar-refractivity contribution in [2.75, 3.05) is 11.1 Å². The van der Waals surface area contributed by atoms with Gasteiger partial charge in [-0.15, -0.1) is 23.1 Å². The minimum atomic E-state index is -0.237. The Bertz CT molecular complexity index is 936. The molecule has 0 fully saturated rings. The zero-order valence-corrected chi connectivity index (χ0v) is 15.8. The largest absolute Gasteiger partial charge is 0.310 e. The van der Waals surface area contributed by atoms with Crippen molar-refractivity contribution >= 4 is 51.4 Å². The third-order valence-electron chi connectivity index (χ3n) is 3.86. The van der Waals surface area contributed by atoms with E-state index in [2.05, 4.69) is 36.2 Å². The number of carbonyl (C=O) groups excluding carboxylic acids is 1. The Hall–Kier alpha value is -1.51. The molecule has 9 heteroatoms. The Morgan fingerprint density at radius 2 is 2.21 bits per heavy atom. The molecule has 6 nitrogen and oxygen atoms in total. The molecule has 1 aliphatic rings. The Morgan fingerprint density at radius 1 is 1.42 bits per heavy atom. The van der Waals surface area contributed by atoms with Crippen LogP contribution in [0.4, 0.5) is 5.82 Å². The number of hydrogen-bond acceptors (Lipinski definition) is 5. The molecule has 4 rings (SSSR count). The van der Waals surface area contributed by atoms with Crippen LogP contribution in [-0.2, 0) is 10.3 Å². The quantitative estimate of drug-likeness (QED) is 0.696. The van der Waals surface area contributed by atoms with Gasteiger partial charge in [-0.25, -0.2) is 9.67 Å². The predicted octanol–water partition coefficient (Wildman–Crippen LogP) is 3.78. The number of hydrogen-bond donors (Lipinski definition) is 1. The lowest BCUT2D eigenvalue weighted by atomic mass is 10.1. The molecule has 3 aromatic heterocycles. The summed E-state index contributed by atoms with van der Waals surface area (Å²) in [5.74, 6) is 1.07. The molecule has 24 heavy (non-hydrogen) atoms. The van der Waals surface area contributed by atoms with Gasteiger partial charge in [-0.1, -0.05) is 11.6 Å². The van der Waals surface area contributed by atoms with Crippen LogP contribution in [-0.4, -0.2) is 30.8 Å². The number of amides is 1. The highest BCUT2D eigenvalue weighted by Crippen LogP contribution is 2.45. The Balaban J connectivity index is 1.92. The van der Waals surface area contributed by atoms with Crippen molar-refractivity contribution < 1.29 is 4.79 Å². The molecule has 0 unspecified atom stereocenters. The number of fused-ring (bicyclic) bond motifs is 2. The highest BCUT2D eigenvalue weighted by atomic mass is 35.5. The van der Waals surface area contributed by atoms with Gasteiger partial charge in [0.15, 0.2) is 10.1 Å². The van der Waals surface area contributed by atoms with E-state index in [0.29, 0.717) is 10.9 Å². The molecule has 0 bridgehead atoms. The number of aromatic nitrogens is 4. The first kappa shape index (κ1) is 16.0. The molecule has 1 N–H and O–H groups in total. The van der Waals surface area contributed by atoms with Gasteiger partial charge >= 0.3 is 0 Å². The zero-order chi connectivity index (χ0) is 17.1. The lowest BCUT2D eigenvalue weighted by molar-refractivity contribution is -0.113. The molecule has 0 saturated carbocycles. The Morgan fingerprint density at radius 3 is 2.96 bits per heavy atom. The standard InChI is InChI=1S/C15H16ClN5OS2/c1-15(2,3)21-13-8(6-17-21)11(24-7-9(22)18-13)10-12(16)19-14-20(10)4-5-23-14/h4-6,11H,7H2,1-3H3,(H,18,22)/t11-/m0/s1. The smallest absolute Gasteiger partial charge is 0.235 e. The lowest BCUT2D eigenvalue weighted by Gasteiger charge is -2.23. The molecule has 1 amide bonds. The van der Waals surface area contributed by atoms with Crippen LogP contribution >= 0.6 is 34.7 Å². The minimum Gasteiger partial charge on any atom is -0.310 e. The summed E-state index contributed by atoms with van der Waals surface area (Å²) in [5, 5.41) is 9.87. The van der Waals surface area contributed by atoms with Crippen LogP contribution < -0.4 is 5.32 Å². The van der Waals surface area contributed by atoms with Crippen LogP contribution in [0.2, 0.25) is 5.15 Å². The first-order valence-corrected chi connectivity index (χ1v) is 9.77. The Kier molecular flexibility index (Phi) is 3.67. The number of thioether (sulfide) groups is 1. The highest BCUT2D eigenvalue weighted by Gasteiger charge is 2.33. The normalized spacial score (nSPS) is 18.5. The van der Waals surface area contributed by atoms with Crippen molar-refractivity contribution in [1.29, 1.82) is 0 Å². The van der Waals surface area contributed by atoms with Crippen molar-refractivity contribution in [2.24, 2.45) is 0 Å². The number of nitrogens with zero attached hydrogens (tertiary/aromatic N) is 4. The number of imidazole rings is 1. The molecule has 1 atom stereocenters. The number of rotatable bonds is 1. The molecule has 4 heterocycles. The van der Waals surface area contributed by atoms with E-state index in [0.717, 1.165) is 22.0 Å². The summed E-state index contributed by atoms with van der Waals surface area (Å²) >= 11 is 9.50. The molecular formula is C15H16ClN5OS2. The van der Waals surface area contributed by atoms with E-state index in [1.165, 1.54) is 11.3 Å². The van der Waals surface area contributed by atoms with E-state index in [4.69, 9.17) is 11.6 Å². The molecular weight excluding hydrogens is 366 g/mol. The molecule has 0 aromatic carbocycles. The van der Waals surface area contributed by atoms with Crippen molar-refractivity contribution in [3.8, 4) is 0 Å². The van der Waals surface area contributed by atoms with Gasteiger partial charge in [0, 0.05) is 17.1 Å². The van der Waals surface area contributed by atoms with Gasteiger partial charge in [0.25, 0.3) is 0 Å². The summed E-state index contributed by atoms with van der Waals surface area (Å²) < 4.78 is 3.86. The van der Waals surface area contributed by atoms with Gasteiger partial charge in [-0.2, -0.15) is 5.10 Å². The van der Waals surface area contributed by atoms with Crippen LogP contribution in [0.15, 0.2) is 17.8 Å². The summed E-state index contributed by atoms with van der Waals surface area (Å²) in [5.41, 5.74) is 1.61. The van der Waals surface area contributed by atoms with Crippen LogP contribution in [0.1, 0.15) is 37.3 Å². The molecule has 1 aliphatic heterocycles. The lowest BCUT2D eigenvalue weighted by Crippen LogP contribution is -2.27. The summed E-state index contributed by atoms with van der Waals surface area (Å²) in [6, 6.07) is 0. The maximum absolute atomic E-state index is 12.2. The van der Waals surface area contributed by atoms with E-state index < -0.39 is 0 Å². The summed E-state index contributed by atoms with van der Waals surface area (Å²) in [7, 11) is 0. The van der Waals surface area contributed by atoms with E-state index in [1.54, 1.807) is 11.8 Å². The van der Waals surface area contributed by atoms with Crippen LogP contribution in [0.25, 0.3) is 4.96 Å². The third kappa shape index (κ3) is 2.44. The van der Waals surface area contributed by atoms with Gasteiger partial charge < -0.3 is 5.32 Å². The predicted molar refractivity (Wildman–Crippen MR) is 98.2 cm³/mol. The average molecular weight is 382 g/mol. The second-order valence-corrected chi connectivity index (χ2v) is 8.94. The maximum atomic E-state index is 12.2. The molecule has 0 aliphatic carbocycles. The third-order valence-corrected chi connectivity index (χ3v) is 6.13. The molecule has 126 valence electrons. The van der Waals surface area contributed by atoms with E-state index in [-0.39, 0.29) is 16.7 Å². The number of halogens is 1. The van der Waals surface area contributed by atoms with Crippen LogP contribution in [0.3, 0.4) is 0 Å². The molecule has 0 saturated heterocycles. The maximum Gasteiger partial charge on any atom is 0.235 e. The van der Waals surface area contributed by atoms with Gasteiger partial charge in [0.05, 0.1) is 28.4 Å².